The number of phosphoric acid groups is 1. The summed E-state index contributed by atoms with van der Waals surface area (Å²) in [5, 5.41) is 3.08. The molecule has 0 bridgehead atoms. The lowest BCUT2D eigenvalue weighted by Gasteiger charge is -2.27. The normalized spacial score (nSPS) is 13.7. The van der Waals surface area contributed by atoms with Gasteiger partial charge < -0.3 is 19.4 Å². The summed E-state index contributed by atoms with van der Waals surface area (Å²) < 4.78 is 30.8. The number of nitrogens with one attached hydrogen (secondary N) is 1. The molecule has 0 spiro atoms. The molecule has 0 aromatic carbocycles. The van der Waals surface area contributed by atoms with Gasteiger partial charge in [0.25, 0.3) is 0 Å². The zero-order valence-electron chi connectivity index (χ0n) is 54.1. The van der Waals surface area contributed by atoms with Gasteiger partial charge in [-0.2, -0.15) is 0 Å². The molecular formula is C70H136N2O7P+. The van der Waals surface area contributed by atoms with Gasteiger partial charge in [-0.15, -0.1) is 0 Å². The topological polar surface area (TPSA) is 111 Å². The van der Waals surface area contributed by atoms with Crippen LogP contribution < -0.4 is 5.32 Å². The van der Waals surface area contributed by atoms with Crippen molar-refractivity contribution < 1.29 is 37.3 Å². The number of phosphoric ester groups is 1. The Bertz CT molecular complexity index is 1460. The number of hydrogen-bond acceptors (Lipinski definition) is 6. The highest BCUT2D eigenvalue weighted by atomic mass is 31.2. The lowest BCUT2D eigenvalue weighted by Crippen LogP contribution is -2.47. The van der Waals surface area contributed by atoms with Crippen LogP contribution in [0.3, 0.4) is 0 Å². The molecule has 0 rings (SSSR count). The largest absolute Gasteiger partial charge is 0.472 e. The number of rotatable bonds is 64. The molecule has 3 atom stereocenters. The van der Waals surface area contributed by atoms with Gasteiger partial charge >= 0.3 is 13.8 Å². The molecule has 472 valence electrons. The summed E-state index contributed by atoms with van der Waals surface area (Å²) in [4.78, 5) is 37.8. The number of carbonyl (C=O) groups is 2. The van der Waals surface area contributed by atoms with Crippen LogP contribution in [0.2, 0.25) is 0 Å². The molecule has 0 aliphatic heterocycles. The number of hydrogen-bond donors (Lipinski definition) is 2. The highest BCUT2D eigenvalue weighted by Crippen LogP contribution is 2.43. The van der Waals surface area contributed by atoms with Crippen LogP contribution in [0.4, 0.5) is 0 Å². The number of ether oxygens (including phenoxy) is 1. The van der Waals surface area contributed by atoms with E-state index in [1.165, 1.54) is 250 Å². The van der Waals surface area contributed by atoms with Crippen molar-refractivity contribution >= 4 is 19.7 Å². The highest BCUT2D eigenvalue weighted by molar-refractivity contribution is 7.47. The Hall–Kier alpha value is -1.77. The van der Waals surface area contributed by atoms with Crippen molar-refractivity contribution in [3.63, 3.8) is 0 Å². The number of carbonyl (C=O) groups excluding carboxylic acids is 2. The number of nitrogens with zero attached hydrogens (tertiary/aromatic N) is 1. The molecular weight excluding hydrogens is 1010 g/mol. The Kier molecular flexibility index (Phi) is 59.0. The van der Waals surface area contributed by atoms with Crippen LogP contribution in [0, 0.1) is 0 Å². The summed E-state index contributed by atoms with van der Waals surface area (Å²) in [6.07, 6.45) is 74.4. The van der Waals surface area contributed by atoms with E-state index in [4.69, 9.17) is 13.8 Å². The third-order valence-electron chi connectivity index (χ3n) is 15.8. The van der Waals surface area contributed by atoms with E-state index in [0.29, 0.717) is 23.9 Å². The summed E-state index contributed by atoms with van der Waals surface area (Å²) in [7, 11) is 1.51. The molecule has 0 aromatic heterocycles. The van der Waals surface area contributed by atoms with Gasteiger partial charge in [0.05, 0.1) is 33.8 Å². The van der Waals surface area contributed by atoms with E-state index in [9.17, 15) is 19.0 Å². The molecule has 10 heteroatoms. The Balaban J connectivity index is 4.99. The van der Waals surface area contributed by atoms with Crippen LogP contribution in [0.25, 0.3) is 0 Å². The zero-order chi connectivity index (χ0) is 58.6. The smallest absolute Gasteiger partial charge is 0.456 e. The summed E-state index contributed by atoms with van der Waals surface area (Å²) >= 11 is 0. The number of allylic oxidation sites excluding steroid dienone is 5. The van der Waals surface area contributed by atoms with E-state index in [1.807, 2.05) is 33.3 Å². The van der Waals surface area contributed by atoms with Crippen LogP contribution >= 0.6 is 7.82 Å². The van der Waals surface area contributed by atoms with Crippen molar-refractivity contribution in [3.05, 3.63) is 36.5 Å². The van der Waals surface area contributed by atoms with Crippen LogP contribution in [-0.4, -0.2) is 74.3 Å². The average Bonchev–Trinajstić information content (AvgIpc) is 3.42. The number of amides is 1. The molecule has 0 fully saturated rings. The van der Waals surface area contributed by atoms with Crippen molar-refractivity contribution in [2.45, 2.75) is 360 Å². The molecule has 1 amide bonds. The van der Waals surface area contributed by atoms with E-state index in [-0.39, 0.29) is 25.1 Å². The van der Waals surface area contributed by atoms with E-state index in [0.717, 1.165) is 64.2 Å². The first-order chi connectivity index (χ1) is 38.9. The fourth-order valence-electron chi connectivity index (χ4n) is 10.4. The minimum atomic E-state index is -4.45. The van der Waals surface area contributed by atoms with Crippen molar-refractivity contribution in [1.82, 2.24) is 5.32 Å². The lowest BCUT2D eigenvalue weighted by molar-refractivity contribution is -0.870. The van der Waals surface area contributed by atoms with Gasteiger partial charge in [0, 0.05) is 12.8 Å². The molecule has 0 heterocycles. The molecule has 0 aromatic rings. The molecule has 0 saturated heterocycles. The summed E-state index contributed by atoms with van der Waals surface area (Å²) in [6, 6.07) is -0.843. The van der Waals surface area contributed by atoms with E-state index >= 15 is 0 Å². The fraction of sp³-hybridized carbons (Fsp3) is 0.886. The summed E-state index contributed by atoms with van der Waals surface area (Å²) in [5.74, 6) is -0.485. The minimum Gasteiger partial charge on any atom is -0.456 e. The van der Waals surface area contributed by atoms with Crippen molar-refractivity contribution in [2.75, 3.05) is 40.9 Å². The third-order valence-corrected chi connectivity index (χ3v) is 16.8. The first-order valence-corrected chi connectivity index (χ1v) is 36.3. The Morgan fingerprint density at radius 1 is 0.438 bits per heavy atom. The SMILES string of the molecule is CCCCC/C=C\C/C=C\CCCCCCCCCCCCCCCCCCCC(=O)NC(COP(=O)(O)OCC[N+](C)(C)C)C(/C=C\CCCCCCCCCCCCC)OC(=O)CCCCCCCCCCCCCCCC. The van der Waals surface area contributed by atoms with Crippen LogP contribution in [0.1, 0.15) is 348 Å². The van der Waals surface area contributed by atoms with Gasteiger partial charge in [-0.05, 0) is 63.9 Å². The quantitative estimate of drug-likeness (QED) is 0.0205. The third kappa shape index (κ3) is 60.8. The number of unbranched alkanes of at least 4 members (excludes halogenated alkanes) is 44. The predicted molar refractivity (Wildman–Crippen MR) is 346 cm³/mol. The fourth-order valence-corrected chi connectivity index (χ4v) is 11.2. The lowest BCUT2D eigenvalue weighted by atomic mass is 10.0. The second-order valence-corrected chi connectivity index (χ2v) is 26.5. The van der Waals surface area contributed by atoms with Crippen LogP contribution in [0.5, 0.6) is 0 Å². The molecule has 0 aliphatic carbocycles. The molecule has 80 heavy (non-hydrogen) atoms. The van der Waals surface area contributed by atoms with Gasteiger partial charge in [-0.1, -0.05) is 308 Å². The Morgan fingerprint density at radius 3 is 1.15 bits per heavy atom. The maximum absolute atomic E-state index is 13.6. The van der Waals surface area contributed by atoms with Gasteiger partial charge in [0.1, 0.15) is 19.3 Å². The van der Waals surface area contributed by atoms with E-state index in [2.05, 4.69) is 50.4 Å². The molecule has 0 saturated carbocycles. The Morgan fingerprint density at radius 2 is 0.762 bits per heavy atom. The van der Waals surface area contributed by atoms with Crippen molar-refractivity contribution in [2.24, 2.45) is 0 Å². The highest BCUT2D eigenvalue weighted by Gasteiger charge is 2.30. The molecule has 3 unspecified atom stereocenters. The average molecular weight is 1150 g/mol. The first-order valence-electron chi connectivity index (χ1n) is 34.8. The van der Waals surface area contributed by atoms with Gasteiger partial charge in [-0.25, -0.2) is 4.57 Å². The summed E-state index contributed by atoms with van der Waals surface area (Å²) in [5.41, 5.74) is 0. The minimum absolute atomic E-state index is 0.0438. The van der Waals surface area contributed by atoms with Gasteiger partial charge in [0.15, 0.2) is 0 Å². The monoisotopic (exact) mass is 1150 g/mol. The maximum atomic E-state index is 13.6. The first kappa shape index (κ1) is 78.2. The second-order valence-electron chi connectivity index (χ2n) is 25.1. The number of quaternary nitrogens is 1. The van der Waals surface area contributed by atoms with Crippen LogP contribution in [-0.2, 0) is 27.9 Å². The summed E-state index contributed by atoms with van der Waals surface area (Å²) in [6.45, 7) is 7.04. The van der Waals surface area contributed by atoms with Crippen molar-refractivity contribution in [1.29, 1.82) is 0 Å². The number of likely N-dealkylation sites (N-methyl/N-ethyl adjacent to an activating group) is 1. The van der Waals surface area contributed by atoms with E-state index < -0.39 is 20.0 Å². The maximum Gasteiger partial charge on any atom is 0.472 e. The molecule has 0 radical (unpaired) electrons. The van der Waals surface area contributed by atoms with Crippen molar-refractivity contribution in [3.8, 4) is 0 Å². The van der Waals surface area contributed by atoms with E-state index in [1.54, 1.807) is 0 Å². The zero-order valence-corrected chi connectivity index (χ0v) is 55.0. The Labute approximate surface area is 497 Å². The molecule has 9 nitrogen and oxygen atoms in total. The number of esters is 1. The van der Waals surface area contributed by atoms with Gasteiger partial charge in [-0.3, -0.25) is 18.6 Å². The molecule has 2 N–H and O–H groups in total. The van der Waals surface area contributed by atoms with Crippen LogP contribution in [0.15, 0.2) is 36.5 Å². The molecule has 0 aliphatic rings. The van der Waals surface area contributed by atoms with Gasteiger partial charge in [0.2, 0.25) is 5.91 Å². The second kappa shape index (κ2) is 60.4. The standard InChI is InChI=1S/C70H135N2O7P/c1-7-10-13-16-19-22-25-28-30-31-32-33-34-35-36-37-38-39-40-41-42-44-47-50-53-56-59-62-69(73)71-67(66-78-80(75,76)77-65-64-72(4,5)6)68(61-58-55-52-49-46-43-27-24-21-18-15-12-9-3)79-70(74)63-60-57-54-51-48-45-29-26-23-20-17-14-11-8-2/h19,22,28,30,58,61,67-68H,7-18,20-21,23-27,29,31-57,59-60,62-66H2,1-6H3,(H-,71,73,75,76)/p+1/b22-19-,30-28-,61-58-. The predicted octanol–water partition coefficient (Wildman–Crippen LogP) is 21.8.